The van der Waals surface area contributed by atoms with Crippen molar-refractivity contribution in [3.8, 4) is 5.75 Å². The average Bonchev–Trinajstić information content (AvgIpc) is 2.68. The van der Waals surface area contributed by atoms with Gasteiger partial charge in [-0.25, -0.2) is 4.99 Å². The Morgan fingerprint density at radius 2 is 1.92 bits per heavy atom. The number of hydrogen-bond acceptors (Lipinski definition) is 5. The van der Waals surface area contributed by atoms with Crippen molar-refractivity contribution in [2.75, 3.05) is 40.5 Å². The first-order chi connectivity index (χ1) is 12.6. The standard InChI is InChI=1S/C19H31N3O4/c1-5-26-12-6-11-20-19(21-13-15(2)18(23)25-4)22-14-16-7-9-17(24-3)10-8-16/h7-10,15H,5-6,11-14H2,1-4H3,(H2,20,21,22). The smallest absolute Gasteiger partial charge is 0.310 e. The Morgan fingerprint density at radius 1 is 1.19 bits per heavy atom. The van der Waals surface area contributed by atoms with Crippen LogP contribution in [0.4, 0.5) is 0 Å². The zero-order valence-electron chi connectivity index (χ0n) is 16.2. The number of carbonyl (C=O) groups is 1. The van der Waals surface area contributed by atoms with Gasteiger partial charge in [-0.1, -0.05) is 19.1 Å². The lowest BCUT2D eigenvalue weighted by molar-refractivity contribution is -0.144. The monoisotopic (exact) mass is 365 g/mol. The van der Waals surface area contributed by atoms with Crippen LogP contribution in [0.2, 0.25) is 0 Å². The van der Waals surface area contributed by atoms with Gasteiger partial charge in [-0.2, -0.15) is 0 Å². The van der Waals surface area contributed by atoms with Gasteiger partial charge >= 0.3 is 5.97 Å². The highest BCUT2D eigenvalue weighted by atomic mass is 16.5. The molecule has 0 spiro atoms. The van der Waals surface area contributed by atoms with Crippen LogP contribution >= 0.6 is 0 Å². The predicted molar refractivity (Wildman–Crippen MR) is 102 cm³/mol. The summed E-state index contributed by atoms with van der Waals surface area (Å²) in [4.78, 5) is 16.1. The van der Waals surface area contributed by atoms with Crippen molar-refractivity contribution in [2.24, 2.45) is 10.9 Å². The molecule has 7 nitrogen and oxygen atoms in total. The molecule has 0 aliphatic rings. The van der Waals surface area contributed by atoms with E-state index in [0.29, 0.717) is 32.3 Å². The van der Waals surface area contributed by atoms with Gasteiger partial charge in [0.25, 0.3) is 0 Å². The second-order valence-corrected chi connectivity index (χ2v) is 5.80. The lowest BCUT2D eigenvalue weighted by Gasteiger charge is -2.15. The van der Waals surface area contributed by atoms with E-state index in [1.54, 1.807) is 7.11 Å². The number of nitrogens with one attached hydrogen (secondary N) is 2. The van der Waals surface area contributed by atoms with Crippen molar-refractivity contribution in [2.45, 2.75) is 26.8 Å². The van der Waals surface area contributed by atoms with E-state index in [-0.39, 0.29) is 11.9 Å². The number of hydrogen-bond donors (Lipinski definition) is 2. The summed E-state index contributed by atoms with van der Waals surface area (Å²) in [5.41, 5.74) is 1.07. The highest BCUT2D eigenvalue weighted by Gasteiger charge is 2.13. The third kappa shape index (κ3) is 8.71. The number of benzene rings is 1. The number of ether oxygens (including phenoxy) is 3. The molecule has 0 fully saturated rings. The summed E-state index contributed by atoms with van der Waals surface area (Å²) in [6.45, 7) is 6.92. The highest BCUT2D eigenvalue weighted by Crippen LogP contribution is 2.11. The fraction of sp³-hybridized carbons (Fsp3) is 0.579. The van der Waals surface area contributed by atoms with E-state index in [9.17, 15) is 4.79 Å². The van der Waals surface area contributed by atoms with Crippen molar-refractivity contribution in [3.63, 3.8) is 0 Å². The topological polar surface area (TPSA) is 81.2 Å². The van der Waals surface area contributed by atoms with E-state index in [1.165, 1.54) is 7.11 Å². The highest BCUT2D eigenvalue weighted by molar-refractivity contribution is 5.80. The number of aliphatic imine (C=N–C) groups is 1. The van der Waals surface area contributed by atoms with Crippen LogP contribution in [0.3, 0.4) is 0 Å². The van der Waals surface area contributed by atoms with Gasteiger partial charge in [0.1, 0.15) is 5.75 Å². The average molecular weight is 365 g/mol. The minimum Gasteiger partial charge on any atom is -0.497 e. The maximum atomic E-state index is 11.5. The minimum atomic E-state index is -0.253. The molecule has 0 aliphatic carbocycles. The third-order valence-electron chi connectivity index (χ3n) is 3.72. The molecule has 146 valence electrons. The summed E-state index contributed by atoms with van der Waals surface area (Å²) < 4.78 is 15.3. The van der Waals surface area contributed by atoms with Crippen LogP contribution in [0.25, 0.3) is 0 Å². The van der Waals surface area contributed by atoms with E-state index < -0.39 is 0 Å². The van der Waals surface area contributed by atoms with Gasteiger partial charge in [-0.05, 0) is 31.0 Å². The van der Waals surface area contributed by atoms with Gasteiger partial charge < -0.3 is 24.8 Å². The third-order valence-corrected chi connectivity index (χ3v) is 3.72. The number of rotatable bonds is 11. The van der Waals surface area contributed by atoms with E-state index >= 15 is 0 Å². The summed E-state index contributed by atoms with van der Waals surface area (Å²) in [6, 6.07) is 7.78. The number of esters is 1. The number of guanidine groups is 1. The van der Waals surface area contributed by atoms with E-state index in [4.69, 9.17) is 14.2 Å². The molecule has 1 aromatic rings. The van der Waals surface area contributed by atoms with Gasteiger partial charge in [0.05, 0.1) is 26.7 Å². The number of methoxy groups -OCH3 is 2. The Morgan fingerprint density at radius 3 is 2.54 bits per heavy atom. The lowest BCUT2D eigenvalue weighted by atomic mass is 10.2. The maximum absolute atomic E-state index is 11.5. The first-order valence-corrected chi connectivity index (χ1v) is 8.91. The van der Waals surface area contributed by atoms with E-state index in [2.05, 4.69) is 15.6 Å². The Labute approximate surface area is 156 Å². The largest absolute Gasteiger partial charge is 0.497 e. The van der Waals surface area contributed by atoms with Crippen LogP contribution < -0.4 is 15.4 Å². The van der Waals surface area contributed by atoms with Crippen molar-refractivity contribution in [1.29, 1.82) is 0 Å². The molecule has 1 aromatic carbocycles. The fourth-order valence-corrected chi connectivity index (χ4v) is 2.14. The molecule has 0 heterocycles. The van der Waals surface area contributed by atoms with Crippen LogP contribution in [0.15, 0.2) is 29.3 Å². The zero-order valence-corrected chi connectivity index (χ0v) is 16.2. The molecule has 7 heteroatoms. The Hall–Kier alpha value is -2.28. The number of carbonyl (C=O) groups excluding carboxylic acids is 1. The molecule has 1 rings (SSSR count). The second kappa shape index (κ2) is 13.0. The van der Waals surface area contributed by atoms with E-state index in [1.807, 2.05) is 38.1 Å². The van der Waals surface area contributed by atoms with Crippen molar-refractivity contribution >= 4 is 11.9 Å². The predicted octanol–water partition coefficient (Wildman–Crippen LogP) is 1.97. The second-order valence-electron chi connectivity index (χ2n) is 5.80. The summed E-state index contributed by atoms with van der Waals surface area (Å²) in [5, 5.41) is 6.46. The normalized spacial score (nSPS) is 12.4. The van der Waals surface area contributed by atoms with E-state index in [0.717, 1.165) is 24.3 Å². The summed E-state index contributed by atoms with van der Waals surface area (Å²) in [7, 11) is 3.04. The first kappa shape index (κ1) is 21.8. The molecule has 0 bridgehead atoms. The molecule has 0 aliphatic heterocycles. The van der Waals surface area contributed by atoms with Crippen LogP contribution in [0, 0.1) is 5.92 Å². The SMILES string of the molecule is CCOCCCNC(=NCc1ccc(OC)cc1)NCC(C)C(=O)OC. The van der Waals surface area contributed by atoms with Gasteiger partial charge in [0.2, 0.25) is 0 Å². The molecule has 1 unspecified atom stereocenters. The van der Waals surface area contributed by atoms with Gasteiger partial charge in [-0.15, -0.1) is 0 Å². The molecule has 2 N–H and O–H groups in total. The van der Waals surface area contributed by atoms with Gasteiger partial charge in [0.15, 0.2) is 5.96 Å². The fourth-order valence-electron chi connectivity index (χ4n) is 2.14. The molecule has 0 saturated carbocycles. The molecule has 0 amide bonds. The van der Waals surface area contributed by atoms with Gasteiger partial charge in [0, 0.05) is 26.3 Å². The summed E-state index contributed by atoms with van der Waals surface area (Å²) >= 11 is 0. The van der Waals surface area contributed by atoms with Crippen LogP contribution in [-0.4, -0.2) is 52.5 Å². The van der Waals surface area contributed by atoms with Gasteiger partial charge in [-0.3, -0.25) is 4.79 Å². The number of nitrogens with zero attached hydrogens (tertiary/aromatic N) is 1. The maximum Gasteiger partial charge on any atom is 0.310 e. The zero-order chi connectivity index (χ0) is 19.2. The molecule has 1 atom stereocenters. The minimum absolute atomic E-state index is 0.247. The van der Waals surface area contributed by atoms with Crippen molar-refractivity contribution in [3.05, 3.63) is 29.8 Å². The summed E-state index contributed by atoms with van der Waals surface area (Å²) in [5.74, 6) is 0.977. The molecular weight excluding hydrogens is 334 g/mol. The lowest BCUT2D eigenvalue weighted by Crippen LogP contribution is -2.41. The Balaban J connectivity index is 2.60. The Kier molecular flexibility index (Phi) is 10.9. The molecule has 26 heavy (non-hydrogen) atoms. The van der Waals surface area contributed by atoms with Crippen molar-refractivity contribution in [1.82, 2.24) is 10.6 Å². The van der Waals surface area contributed by atoms with Crippen LogP contribution in [0.5, 0.6) is 5.75 Å². The Bertz CT molecular complexity index is 546. The molecule has 0 aromatic heterocycles. The molecular formula is C19H31N3O4. The van der Waals surface area contributed by atoms with Crippen LogP contribution in [0.1, 0.15) is 25.8 Å². The summed E-state index contributed by atoms with van der Waals surface area (Å²) in [6.07, 6.45) is 0.879. The van der Waals surface area contributed by atoms with Crippen molar-refractivity contribution < 1.29 is 19.0 Å². The quantitative estimate of drug-likeness (QED) is 0.270. The first-order valence-electron chi connectivity index (χ1n) is 8.91. The molecule has 0 saturated heterocycles. The molecule has 0 radical (unpaired) electrons. The van der Waals surface area contributed by atoms with Crippen LogP contribution in [-0.2, 0) is 20.8 Å².